The molecule has 2 unspecified atom stereocenters. The number of hydrogen-bond donors (Lipinski definition) is 1. The molecule has 0 bridgehead atoms. The average molecular weight is 408 g/mol. The molecule has 0 spiro atoms. The van der Waals surface area contributed by atoms with Gasteiger partial charge in [-0.05, 0) is 52.0 Å². The van der Waals surface area contributed by atoms with Crippen LogP contribution in [0.3, 0.4) is 0 Å². The molecule has 6 nitrogen and oxygen atoms in total. The lowest BCUT2D eigenvalue weighted by Crippen LogP contribution is -2.50. The Morgan fingerprint density at radius 2 is 1.74 bits per heavy atom. The zero-order valence-corrected chi connectivity index (χ0v) is 16.2. The van der Waals surface area contributed by atoms with Crippen LogP contribution in [0.2, 0.25) is 0 Å². The van der Waals surface area contributed by atoms with E-state index in [4.69, 9.17) is 9.47 Å². The van der Waals surface area contributed by atoms with E-state index in [2.05, 4.69) is 20.7 Å². The number of methoxy groups -OCH3 is 1. The van der Waals surface area contributed by atoms with E-state index in [0.29, 0.717) is 0 Å². The standard InChI is InChI=1S/C15H22BrNO5S/c1-10(22-15(2,3)4)13(14(18)21-5)17-23(19,20)12-8-6-11(16)7-9-12/h6-10,13,17H,1-5H3. The summed E-state index contributed by atoms with van der Waals surface area (Å²) in [5.74, 6) is -0.706. The minimum absolute atomic E-state index is 0.0533. The topological polar surface area (TPSA) is 81.7 Å². The molecule has 130 valence electrons. The molecule has 0 aliphatic carbocycles. The van der Waals surface area contributed by atoms with Gasteiger partial charge in [-0.25, -0.2) is 8.42 Å². The van der Waals surface area contributed by atoms with Gasteiger partial charge in [0.25, 0.3) is 0 Å². The molecule has 0 radical (unpaired) electrons. The summed E-state index contributed by atoms with van der Waals surface area (Å²) < 4.78 is 38.4. The molecule has 0 aliphatic rings. The van der Waals surface area contributed by atoms with Gasteiger partial charge in [0.05, 0.1) is 23.7 Å². The molecule has 1 rings (SSSR count). The Kier molecular flexibility index (Phi) is 6.76. The summed E-state index contributed by atoms with van der Waals surface area (Å²) in [7, 11) is -2.68. The first-order chi connectivity index (χ1) is 10.5. The third-order valence-electron chi connectivity index (χ3n) is 2.87. The Morgan fingerprint density at radius 3 is 2.17 bits per heavy atom. The van der Waals surface area contributed by atoms with Gasteiger partial charge in [0.2, 0.25) is 10.0 Å². The van der Waals surface area contributed by atoms with Gasteiger partial charge < -0.3 is 9.47 Å². The van der Waals surface area contributed by atoms with Crippen LogP contribution in [-0.4, -0.2) is 39.2 Å². The molecule has 0 fully saturated rings. The van der Waals surface area contributed by atoms with Gasteiger partial charge in [-0.15, -0.1) is 0 Å². The van der Waals surface area contributed by atoms with Crippen molar-refractivity contribution in [2.75, 3.05) is 7.11 Å². The summed E-state index contributed by atoms with van der Waals surface area (Å²) in [6.07, 6.45) is -0.701. The van der Waals surface area contributed by atoms with Crippen LogP contribution in [0.25, 0.3) is 0 Å². The van der Waals surface area contributed by atoms with Crippen molar-refractivity contribution in [3.05, 3.63) is 28.7 Å². The number of benzene rings is 1. The number of hydrogen-bond acceptors (Lipinski definition) is 5. The minimum Gasteiger partial charge on any atom is -0.468 e. The molecular weight excluding hydrogens is 386 g/mol. The van der Waals surface area contributed by atoms with E-state index in [1.807, 2.05) is 20.8 Å². The second-order valence-electron chi connectivity index (χ2n) is 6.01. The average Bonchev–Trinajstić information content (AvgIpc) is 2.42. The maximum Gasteiger partial charge on any atom is 0.326 e. The lowest BCUT2D eigenvalue weighted by Gasteiger charge is -2.29. The number of halogens is 1. The van der Waals surface area contributed by atoms with Crippen molar-refractivity contribution < 1.29 is 22.7 Å². The van der Waals surface area contributed by atoms with E-state index in [9.17, 15) is 13.2 Å². The third-order valence-corrected chi connectivity index (χ3v) is 4.86. The van der Waals surface area contributed by atoms with Gasteiger partial charge in [-0.2, -0.15) is 4.72 Å². The van der Waals surface area contributed by atoms with Crippen molar-refractivity contribution in [2.45, 2.75) is 50.3 Å². The van der Waals surface area contributed by atoms with Gasteiger partial charge in [0.1, 0.15) is 6.04 Å². The van der Waals surface area contributed by atoms with Crippen molar-refractivity contribution in [1.29, 1.82) is 0 Å². The van der Waals surface area contributed by atoms with Crippen molar-refractivity contribution in [3.8, 4) is 0 Å². The normalized spacial score (nSPS) is 15.0. The predicted octanol–water partition coefficient (Wildman–Crippen LogP) is 2.47. The third kappa shape index (κ3) is 6.21. The number of carbonyl (C=O) groups is 1. The second-order valence-corrected chi connectivity index (χ2v) is 8.64. The summed E-state index contributed by atoms with van der Waals surface area (Å²) in [5, 5.41) is 0. The molecule has 0 amide bonds. The van der Waals surface area contributed by atoms with Crippen LogP contribution < -0.4 is 4.72 Å². The van der Waals surface area contributed by atoms with Crippen molar-refractivity contribution in [1.82, 2.24) is 4.72 Å². The number of nitrogens with one attached hydrogen (secondary N) is 1. The van der Waals surface area contributed by atoms with Crippen molar-refractivity contribution in [2.24, 2.45) is 0 Å². The van der Waals surface area contributed by atoms with Crippen LogP contribution in [-0.2, 0) is 24.3 Å². The van der Waals surface area contributed by atoms with Crippen LogP contribution in [0.5, 0.6) is 0 Å². The fourth-order valence-corrected chi connectivity index (χ4v) is 3.45. The number of rotatable bonds is 6. The van der Waals surface area contributed by atoms with Crippen LogP contribution in [0.1, 0.15) is 27.7 Å². The zero-order valence-electron chi connectivity index (χ0n) is 13.8. The lowest BCUT2D eigenvalue weighted by atomic mass is 10.1. The molecule has 1 N–H and O–H groups in total. The van der Waals surface area contributed by atoms with E-state index >= 15 is 0 Å². The summed E-state index contributed by atoms with van der Waals surface area (Å²) in [6.45, 7) is 7.08. The first-order valence-electron chi connectivity index (χ1n) is 7.00. The lowest BCUT2D eigenvalue weighted by molar-refractivity contribution is -0.149. The molecule has 0 saturated carbocycles. The van der Waals surface area contributed by atoms with Crippen molar-refractivity contribution in [3.63, 3.8) is 0 Å². The Balaban J connectivity index is 3.05. The highest BCUT2D eigenvalue weighted by Crippen LogP contribution is 2.18. The maximum atomic E-state index is 12.5. The van der Waals surface area contributed by atoms with Gasteiger partial charge >= 0.3 is 5.97 Å². The maximum absolute atomic E-state index is 12.5. The largest absolute Gasteiger partial charge is 0.468 e. The summed E-state index contributed by atoms with van der Waals surface area (Å²) >= 11 is 3.24. The summed E-state index contributed by atoms with van der Waals surface area (Å²) in [5.41, 5.74) is -0.533. The summed E-state index contributed by atoms with van der Waals surface area (Å²) in [6, 6.07) is 4.95. The quantitative estimate of drug-likeness (QED) is 0.732. The molecule has 0 saturated heterocycles. The SMILES string of the molecule is COC(=O)C(NS(=O)(=O)c1ccc(Br)cc1)C(C)OC(C)(C)C. The van der Waals surface area contributed by atoms with Crippen LogP contribution in [0.4, 0.5) is 0 Å². The zero-order chi connectivity index (χ0) is 17.8. The molecule has 0 heterocycles. The molecule has 2 atom stereocenters. The van der Waals surface area contributed by atoms with Gasteiger partial charge in [0.15, 0.2) is 0 Å². The molecule has 23 heavy (non-hydrogen) atoms. The van der Waals surface area contributed by atoms with E-state index < -0.39 is 33.7 Å². The first-order valence-corrected chi connectivity index (χ1v) is 9.27. The molecule has 1 aromatic rings. The van der Waals surface area contributed by atoms with Gasteiger partial charge in [-0.3, -0.25) is 4.79 Å². The highest BCUT2D eigenvalue weighted by Gasteiger charge is 2.34. The van der Waals surface area contributed by atoms with Gasteiger partial charge in [-0.1, -0.05) is 15.9 Å². The van der Waals surface area contributed by atoms with Gasteiger partial charge in [0, 0.05) is 4.47 Å². The van der Waals surface area contributed by atoms with Crippen LogP contribution >= 0.6 is 15.9 Å². The number of sulfonamides is 1. The predicted molar refractivity (Wildman–Crippen MR) is 90.6 cm³/mol. The number of ether oxygens (including phenoxy) is 2. The molecule has 1 aromatic carbocycles. The Morgan fingerprint density at radius 1 is 1.22 bits per heavy atom. The highest BCUT2D eigenvalue weighted by atomic mass is 79.9. The Bertz CT molecular complexity index is 637. The second kappa shape index (κ2) is 7.74. The van der Waals surface area contributed by atoms with E-state index in [1.54, 1.807) is 19.1 Å². The Labute approximate surface area is 145 Å². The summed E-state index contributed by atoms with van der Waals surface area (Å²) in [4.78, 5) is 12.0. The molecule has 0 aliphatic heterocycles. The fourth-order valence-electron chi connectivity index (χ4n) is 1.94. The highest BCUT2D eigenvalue weighted by molar-refractivity contribution is 9.10. The van der Waals surface area contributed by atoms with Crippen molar-refractivity contribution >= 4 is 31.9 Å². The van der Waals surface area contributed by atoms with E-state index in [0.717, 1.165) is 4.47 Å². The number of carbonyl (C=O) groups excluding carboxylic acids is 1. The minimum atomic E-state index is -3.88. The Hall–Kier alpha value is -0.960. The molecule has 8 heteroatoms. The van der Waals surface area contributed by atoms with E-state index in [-0.39, 0.29) is 4.90 Å². The molecule has 0 aromatic heterocycles. The van der Waals surface area contributed by atoms with Crippen LogP contribution in [0, 0.1) is 0 Å². The fraction of sp³-hybridized carbons (Fsp3) is 0.533. The number of esters is 1. The molecular formula is C15H22BrNO5S. The smallest absolute Gasteiger partial charge is 0.326 e. The monoisotopic (exact) mass is 407 g/mol. The van der Waals surface area contributed by atoms with Crippen LogP contribution in [0.15, 0.2) is 33.6 Å². The first kappa shape index (κ1) is 20.1. The van der Waals surface area contributed by atoms with E-state index in [1.165, 1.54) is 19.2 Å².